The van der Waals surface area contributed by atoms with Crippen LogP contribution in [0.5, 0.6) is 5.75 Å². The lowest BCUT2D eigenvalue weighted by molar-refractivity contribution is -0.122. The number of piperazine rings is 1. The molecule has 2 amide bonds. The first kappa shape index (κ1) is 23.3. The lowest BCUT2D eigenvalue weighted by Crippen LogP contribution is -2.45. The van der Waals surface area contributed by atoms with Gasteiger partial charge in [-0.15, -0.1) is 0 Å². The first-order chi connectivity index (χ1) is 16.1. The predicted molar refractivity (Wildman–Crippen MR) is 131 cm³/mol. The maximum Gasteiger partial charge on any atom is 0.229 e. The van der Waals surface area contributed by atoms with Crippen molar-refractivity contribution >= 4 is 23.2 Å². The fourth-order valence-corrected chi connectivity index (χ4v) is 4.53. The second-order valence-corrected chi connectivity index (χ2v) is 8.70. The molecule has 2 fully saturated rings. The van der Waals surface area contributed by atoms with Crippen molar-refractivity contribution in [3.8, 4) is 5.75 Å². The van der Waals surface area contributed by atoms with E-state index in [2.05, 4.69) is 34.2 Å². The summed E-state index contributed by atoms with van der Waals surface area (Å²) in [5.74, 6) is 0.104. The fraction of sp³-hybridized carbons (Fsp3) is 0.462. The predicted octanol–water partition coefficient (Wildman–Crippen LogP) is 3.21. The molecule has 0 saturated carbocycles. The first-order valence-electron chi connectivity index (χ1n) is 11.9. The molecule has 4 rings (SSSR count). The Morgan fingerprint density at radius 2 is 1.70 bits per heavy atom. The van der Waals surface area contributed by atoms with Crippen LogP contribution >= 0.6 is 0 Å². The number of hydrogen-bond donors (Lipinski definition) is 1. The Kier molecular flexibility index (Phi) is 7.62. The monoisotopic (exact) mass is 450 g/mol. The number of nitrogens with zero attached hydrogens (tertiary/aromatic N) is 3. The average molecular weight is 451 g/mol. The molecule has 1 atom stereocenters. The molecule has 1 N–H and O–H groups in total. The number of nitrogens with one attached hydrogen (secondary N) is 1. The quantitative estimate of drug-likeness (QED) is 0.669. The van der Waals surface area contributed by atoms with E-state index in [1.165, 1.54) is 5.56 Å². The maximum atomic E-state index is 12.9. The summed E-state index contributed by atoms with van der Waals surface area (Å²) in [5.41, 5.74) is 2.73. The van der Waals surface area contributed by atoms with Crippen molar-refractivity contribution in [1.82, 2.24) is 9.80 Å². The molecule has 2 aromatic carbocycles. The second-order valence-electron chi connectivity index (χ2n) is 8.70. The van der Waals surface area contributed by atoms with E-state index in [1.807, 2.05) is 43.3 Å². The van der Waals surface area contributed by atoms with Crippen molar-refractivity contribution in [2.75, 3.05) is 56.1 Å². The summed E-state index contributed by atoms with van der Waals surface area (Å²) in [6.45, 7) is 11.5. The van der Waals surface area contributed by atoms with Crippen molar-refractivity contribution in [3.05, 3.63) is 54.1 Å². The number of carbonyl (C=O) groups excluding carboxylic acids is 2. The van der Waals surface area contributed by atoms with Crippen molar-refractivity contribution in [3.63, 3.8) is 0 Å². The highest BCUT2D eigenvalue weighted by molar-refractivity contribution is 6.04. The normalized spacial score (nSPS) is 19.6. The summed E-state index contributed by atoms with van der Waals surface area (Å²) in [6.07, 6.45) is 0.202. The van der Waals surface area contributed by atoms with Gasteiger partial charge in [-0.25, -0.2) is 0 Å². The number of para-hydroxylation sites is 2. The molecule has 2 heterocycles. The Bertz CT molecular complexity index is 954. The van der Waals surface area contributed by atoms with Crippen LogP contribution in [0.3, 0.4) is 0 Å². The van der Waals surface area contributed by atoms with Crippen LogP contribution in [0.2, 0.25) is 0 Å². The third kappa shape index (κ3) is 5.72. The Labute approximate surface area is 196 Å². The zero-order valence-electron chi connectivity index (χ0n) is 19.6. The summed E-state index contributed by atoms with van der Waals surface area (Å²) >= 11 is 0. The van der Waals surface area contributed by atoms with Gasteiger partial charge in [0.25, 0.3) is 0 Å². The third-order valence-corrected chi connectivity index (χ3v) is 6.49. The van der Waals surface area contributed by atoms with Crippen LogP contribution in [0, 0.1) is 5.92 Å². The molecule has 7 heteroatoms. The largest absolute Gasteiger partial charge is 0.492 e. The number of ether oxygens (including phenoxy) is 1. The van der Waals surface area contributed by atoms with Crippen molar-refractivity contribution in [2.45, 2.75) is 26.8 Å². The molecule has 0 spiro atoms. The minimum Gasteiger partial charge on any atom is -0.492 e. The van der Waals surface area contributed by atoms with E-state index in [0.717, 1.165) is 50.6 Å². The van der Waals surface area contributed by atoms with Gasteiger partial charge in [-0.2, -0.15) is 0 Å². The van der Waals surface area contributed by atoms with E-state index < -0.39 is 0 Å². The Hall–Kier alpha value is -2.90. The van der Waals surface area contributed by atoms with Crippen molar-refractivity contribution < 1.29 is 14.3 Å². The number of anilines is 2. The topological polar surface area (TPSA) is 65.1 Å². The lowest BCUT2D eigenvalue weighted by atomic mass is 10.1. The molecule has 2 aliphatic rings. The molecule has 2 aliphatic heterocycles. The highest BCUT2D eigenvalue weighted by atomic mass is 16.5. The van der Waals surface area contributed by atoms with Gasteiger partial charge in [0, 0.05) is 51.4 Å². The average Bonchev–Trinajstić information content (AvgIpc) is 3.23. The molecule has 2 saturated heterocycles. The summed E-state index contributed by atoms with van der Waals surface area (Å²) in [6, 6.07) is 15.5. The van der Waals surface area contributed by atoms with Gasteiger partial charge in [-0.1, -0.05) is 31.2 Å². The molecule has 0 radical (unpaired) electrons. The van der Waals surface area contributed by atoms with E-state index in [-0.39, 0.29) is 24.2 Å². The fourth-order valence-electron chi connectivity index (χ4n) is 4.53. The van der Waals surface area contributed by atoms with Crippen LogP contribution in [0.4, 0.5) is 11.4 Å². The van der Waals surface area contributed by atoms with Gasteiger partial charge in [0.2, 0.25) is 11.8 Å². The van der Waals surface area contributed by atoms with Crippen LogP contribution < -0.4 is 15.0 Å². The van der Waals surface area contributed by atoms with Gasteiger partial charge in [0.1, 0.15) is 5.75 Å². The minimum atomic E-state index is -0.387. The van der Waals surface area contributed by atoms with Gasteiger partial charge < -0.3 is 19.9 Å². The van der Waals surface area contributed by atoms with Crippen LogP contribution in [0.15, 0.2) is 48.5 Å². The summed E-state index contributed by atoms with van der Waals surface area (Å²) < 4.78 is 5.67. The number of amides is 2. The summed E-state index contributed by atoms with van der Waals surface area (Å²) in [7, 11) is 0. The highest BCUT2D eigenvalue weighted by Crippen LogP contribution is 2.33. The van der Waals surface area contributed by atoms with Gasteiger partial charge in [0.05, 0.1) is 18.2 Å². The molecular weight excluding hydrogens is 416 g/mol. The van der Waals surface area contributed by atoms with Crippen molar-refractivity contribution in [2.24, 2.45) is 5.92 Å². The zero-order chi connectivity index (χ0) is 23.2. The number of benzene rings is 2. The molecule has 33 heavy (non-hydrogen) atoms. The summed E-state index contributed by atoms with van der Waals surface area (Å²) in [5, 5.41) is 2.99. The van der Waals surface area contributed by atoms with Crippen LogP contribution in [-0.2, 0) is 16.1 Å². The van der Waals surface area contributed by atoms with E-state index in [9.17, 15) is 9.59 Å². The van der Waals surface area contributed by atoms with Crippen LogP contribution in [0.25, 0.3) is 0 Å². The third-order valence-electron chi connectivity index (χ3n) is 6.49. The number of likely N-dealkylation sites (N-methyl/N-ethyl adjacent to an activating group) is 1. The van der Waals surface area contributed by atoms with Gasteiger partial charge in [-0.3, -0.25) is 14.5 Å². The lowest BCUT2D eigenvalue weighted by Gasteiger charge is -2.34. The van der Waals surface area contributed by atoms with Crippen LogP contribution in [0.1, 0.15) is 25.8 Å². The SMILES string of the molecule is CCOc1ccccc1N1CC(C(=O)Nc2ccc(CN3CCN(CC)CC3)cc2)CC1=O. The molecule has 1 unspecified atom stereocenters. The number of hydrogen-bond acceptors (Lipinski definition) is 5. The second kappa shape index (κ2) is 10.8. The molecule has 2 aromatic rings. The Balaban J connectivity index is 1.32. The molecular formula is C26H34N4O3. The first-order valence-corrected chi connectivity index (χ1v) is 11.9. The van der Waals surface area contributed by atoms with Crippen LogP contribution in [-0.4, -0.2) is 67.5 Å². The highest BCUT2D eigenvalue weighted by Gasteiger charge is 2.36. The standard InChI is InChI=1S/C26H34N4O3/c1-3-28-13-15-29(16-14-28)18-20-9-11-22(12-10-20)27-26(32)21-17-25(31)30(19-21)23-7-5-6-8-24(23)33-4-2/h5-12,21H,3-4,13-19H2,1-2H3,(H,27,32). The smallest absolute Gasteiger partial charge is 0.229 e. The Morgan fingerprint density at radius 3 is 2.39 bits per heavy atom. The minimum absolute atomic E-state index is 0.0548. The molecule has 176 valence electrons. The Morgan fingerprint density at radius 1 is 1.00 bits per heavy atom. The van der Waals surface area contributed by atoms with Gasteiger partial charge in [0.15, 0.2) is 0 Å². The van der Waals surface area contributed by atoms with E-state index >= 15 is 0 Å². The van der Waals surface area contributed by atoms with Crippen molar-refractivity contribution in [1.29, 1.82) is 0 Å². The van der Waals surface area contributed by atoms with E-state index in [1.54, 1.807) is 4.90 Å². The molecule has 0 aliphatic carbocycles. The van der Waals surface area contributed by atoms with Gasteiger partial charge in [-0.05, 0) is 43.3 Å². The maximum absolute atomic E-state index is 12.9. The van der Waals surface area contributed by atoms with E-state index in [0.29, 0.717) is 18.9 Å². The van der Waals surface area contributed by atoms with Gasteiger partial charge >= 0.3 is 0 Å². The summed E-state index contributed by atoms with van der Waals surface area (Å²) in [4.78, 5) is 32.1. The molecule has 0 aromatic heterocycles. The molecule has 7 nitrogen and oxygen atoms in total. The number of rotatable bonds is 8. The van der Waals surface area contributed by atoms with E-state index in [4.69, 9.17) is 4.74 Å². The number of carbonyl (C=O) groups is 2. The zero-order valence-corrected chi connectivity index (χ0v) is 19.6. The molecule has 0 bridgehead atoms.